The van der Waals surface area contributed by atoms with Gasteiger partial charge in [0.2, 0.25) is 5.91 Å². The number of hydrogen-bond donors (Lipinski definition) is 2. The number of hydrogen-bond acceptors (Lipinski definition) is 4. The summed E-state index contributed by atoms with van der Waals surface area (Å²) in [4.78, 5) is 14.0. The van der Waals surface area contributed by atoms with Gasteiger partial charge in [0.1, 0.15) is 0 Å². The zero-order valence-electron chi connectivity index (χ0n) is 10.2. The van der Waals surface area contributed by atoms with Crippen LogP contribution >= 0.6 is 11.8 Å². The van der Waals surface area contributed by atoms with E-state index in [9.17, 15) is 4.79 Å². The summed E-state index contributed by atoms with van der Waals surface area (Å²) in [5, 5.41) is 3.77. The summed E-state index contributed by atoms with van der Waals surface area (Å²) >= 11 is 1.73. The van der Waals surface area contributed by atoms with E-state index in [0.29, 0.717) is 11.8 Å². The van der Waals surface area contributed by atoms with Crippen LogP contribution in [0.5, 0.6) is 0 Å². The average molecular weight is 245 g/mol. The molecule has 0 spiro atoms. The summed E-state index contributed by atoms with van der Waals surface area (Å²) in [6.07, 6.45) is 0.976. The Hall–Kier alpha value is -0.260. The van der Waals surface area contributed by atoms with Crippen LogP contribution in [0.25, 0.3) is 0 Å². The second-order valence-electron chi connectivity index (χ2n) is 4.24. The molecule has 2 atom stereocenters. The summed E-state index contributed by atoms with van der Waals surface area (Å²) in [7, 11) is 0. The number of thioether (sulfide) groups is 1. The SMILES string of the molecule is CC(CCN)SC(C)C(=O)N1CCNCC1. The molecule has 1 aliphatic heterocycles. The van der Waals surface area contributed by atoms with E-state index in [1.165, 1.54) is 0 Å². The molecule has 0 radical (unpaired) electrons. The van der Waals surface area contributed by atoms with Crippen molar-refractivity contribution < 1.29 is 4.79 Å². The summed E-state index contributed by atoms with van der Waals surface area (Å²) in [6.45, 7) is 8.36. The van der Waals surface area contributed by atoms with Crippen molar-refractivity contribution in [2.75, 3.05) is 32.7 Å². The van der Waals surface area contributed by atoms with Gasteiger partial charge < -0.3 is 16.0 Å². The number of nitrogens with zero attached hydrogens (tertiary/aromatic N) is 1. The second kappa shape index (κ2) is 7.14. The zero-order chi connectivity index (χ0) is 12.0. The predicted octanol–water partition coefficient (Wildman–Crippen LogP) is 0.277. The molecule has 1 aliphatic rings. The van der Waals surface area contributed by atoms with E-state index >= 15 is 0 Å². The minimum atomic E-state index is 0.0552. The second-order valence-corrected chi connectivity index (χ2v) is 6.03. The van der Waals surface area contributed by atoms with Crippen molar-refractivity contribution >= 4 is 17.7 Å². The van der Waals surface area contributed by atoms with Crippen LogP contribution < -0.4 is 11.1 Å². The van der Waals surface area contributed by atoms with Crippen LogP contribution in [0.1, 0.15) is 20.3 Å². The van der Waals surface area contributed by atoms with E-state index in [2.05, 4.69) is 12.2 Å². The molecule has 0 aromatic heterocycles. The third kappa shape index (κ3) is 4.31. The van der Waals surface area contributed by atoms with E-state index in [1.807, 2.05) is 11.8 Å². The van der Waals surface area contributed by atoms with Gasteiger partial charge in [-0.25, -0.2) is 0 Å². The Morgan fingerprint density at radius 1 is 1.44 bits per heavy atom. The summed E-state index contributed by atoms with van der Waals surface area (Å²) in [5.74, 6) is 0.273. The highest BCUT2D eigenvalue weighted by Crippen LogP contribution is 2.21. The molecule has 4 nitrogen and oxygen atoms in total. The minimum absolute atomic E-state index is 0.0552. The van der Waals surface area contributed by atoms with Gasteiger partial charge in [0, 0.05) is 31.4 Å². The van der Waals surface area contributed by atoms with Gasteiger partial charge in [-0.05, 0) is 19.9 Å². The van der Waals surface area contributed by atoms with Crippen molar-refractivity contribution in [3.8, 4) is 0 Å². The quantitative estimate of drug-likeness (QED) is 0.730. The minimum Gasteiger partial charge on any atom is -0.339 e. The molecule has 16 heavy (non-hydrogen) atoms. The Balaban J connectivity index is 2.34. The number of nitrogens with one attached hydrogen (secondary N) is 1. The van der Waals surface area contributed by atoms with Crippen molar-refractivity contribution in [3.63, 3.8) is 0 Å². The van der Waals surface area contributed by atoms with Gasteiger partial charge in [-0.2, -0.15) is 0 Å². The van der Waals surface area contributed by atoms with Crippen LogP contribution in [0.15, 0.2) is 0 Å². The van der Waals surface area contributed by atoms with Gasteiger partial charge in [-0.15, -0.1) is 11.8 Å². The van der Waals surface area contributed by atoms with E-state index in [1.54, 1.807) is 11.8 Å². The molecule has 0 aromatic rings. The van der Waals surface area contributed by atoms with Gasteiger partial charge in [0.25, 0.3) is 0 Å². The van der Waals surface area contributed by atoms with Gasteiger partial charge in [-0.3, -0.25) is 4.79 Å². The summed E-state index contributed by atoms with van der Waals surface area (Å²) < 4.78 is 0. The molecule has 94 valence electrons. The number of rotatable bonds is 5. The van der Waals surface area contributed by atoms with Crippen molar-refractivity contribution in [1.29, 1.82) is 0 Å². The Kier molecular flexibility index (Phi) is 6.16. The highest BCUT2D eigenvalue weighted by atomic mass is 32.2. The van der Waals surface area contributed by atoms with Gasteiger partial charge >= 0.3 is 0 Å². The Morgan fingerprint density at radius 2 is 2.06 bits per heavy atom. The highest BCUT2D eigenvalue weighted by molar-refractivity contribution is 8.01. The Bertz CT molecular complexity index is 219. The molecule has 0 saturated carbocycles. The lowest BCUT2D eigenvalue weighted by Gasteiger charge is -2.30. The lowest BCUT2D eigenvalue weighted by Crippen LogP contribution is -2.48. The van der Waals surface area contributed by atoms with E-state index < -0.39 is 0 Å². The number of nitrogens with two attached hydrogens (primary N) is 1. The lowest BCUT2D eigenvalue weighted by atomic mass is 10.3. The molecule has 2 unspecified atom stereocenters. The fourth-order valence-corrected chi connectivity index (χ4v) is 3.09. The van der Waals surface area contributed by atoms with Gasteiger partial charge in [-0.1, -0.05) is 6.92 Å². The van der Waals surface area contributed by atoms with Crippen LogP contribution in [-0.4, -0.2) is 54.0 Å². The first-order chi connectivity index (χ1) is 7.65. The normalized spacial score (nSPS) is 20.6. The summed E-state index contributed by atoms with van der Waals surface area (Å²) in [5.41, 5.74) is 5.51. The molecule has 1 fully saturated rings. The fourth-order valence-electron chi connectivity index (χ4n) is 1.85. The van der Waals surface area contributed by atoms with Crippen molar-refractivity contribution in [3.05, 3.63) is 0 Å². The number of amides is 1. The molecule has 5 heteroatoms. The predicted molar refractivity (Wildman–Crippen MR) is 69.6 cm³/mol. The van der Waals surface area contributed by atoms with Crippen molar-refractivity contribution in [1.82, 2.24) is 10.2 Å². The smallest absolute Gasteiger partial charge is 0.235 e. The maximum atomic E-state index is 12.1. The largest absolute Gasteiger partial charge is 0.339 e. The molecule has 0 bridgehead atoms. The van der Waals surface area contributed by atoms with Crippen molar-refractivity contribution in [2.45, 2.75) is 30.8 Å². The number of carbonyl (C=O) groups is 1. The molecule has 3 N–H and O–H groups in total. The molecule has 1 amide bonds. The fraction of sp³-hybridized carbons (Fsp3) is 0.909. The monoisotopic (exact) mass is 245 g/mol. The van der Waals surface area contributed by atoms with Gasteiger partial charge in [0.15, 0.2) is 0 Å². The Labute approximate surface area is 102 Å². The third-order valence-electron chi connectivity index (χ3n) is 2.79. The van der Waals surface area contributed by atoms with E-state index in [0.717, 1.165) is 32.6 Å². The first-order valence-corrected chi connectivity index (χ1v) is 6.94. The molecule has 1 rings (SSSR count). The number of carbonyl (C=O) groups excluding carboxylic acids is 1. The first-order valence-electron chi connectivity index (χ1n) is 6.00. The number of piperazine rings is 1. The molecular formula is C11H23N3OS. The lowest BCUT2D eigenvalue weighted by molar-refractivity contribution is -0.130. The van der Waals surface area contributed by atoms with Crippen LogP contribution in [-0.2, 0) is 4.79 Å². The third-order valence-corrected chi connectivity index (χ3v) is 4.10. The van der Waals surface area contributed by atoms with E-state index in [-0.39, 0.29) is 11.2 Å². The van der Waals surface area contributed by atoms with E-state index in [4.69, 9.17) is 5.73 Å². The highest BCUT2D eigenvalue weighted by Gasteiger charge is 2.23. The average Bonchev–Trinajstić information content (AvgIpc) is 2.29. The van der Waals surface area contributed by atoms with Gasteiger partial charge in [0.05, 0.1) is 5.25 Å². The maximum Gasteiger partial charge on any atom is 0.235 e. The zero-order valence-corrected chi connectivity index (χ0v) is 11.1. The molecular weight excluding hydrogens is 222 g/mol. The van der Waals surface area contributed by atoms with Crippen LogP contribution in [0.3, 0.4) is 0 Å². The van der Waals surface area contributed by atoms with Crippen LogP contribution in [0, 0.1) is 0 Å². The van der Waals surface area contributed by atoms with Crippen LogP contribution in [0.2, 0.25) is 0 Å². The molecule has 0 aromatic carbocycles. The van der Waals surface area contributed by atoms with Crippen molar-refractivity contribution in [2.24, 2.45) is 5.73 Å². The van der Waals surface area contributed by atoms with Crippen LogP contribution in [0.4, 0.5) is 0 Å². The standard InChI is InChI=1S/C11H23N3OS/c1-9(3-4-12)16-10(2)11(15)14-7-5-13-6-8-14/h9-10,13H,3-8,12H2,1-2H3. The summed E-state index contributed by atoms with van der Waals surface area (Å²) in [6, 6.07) is 0. The maximum absolute atomic E-state index is 12.1. The Morgan fingerprint density at radius 3 is 2.62 bits per heavy atom. The molecule has 0 aliphatic carbocycles. The molecule has 1 heterocycles. The topological polar surface area (TPSA) is 58.4 Å². The first kappa shape index (κ1) is 13.8. The molecule has 1 saturated heterocycles.